The molecule has 0 saturated carbocycles. The van der Waals surface area contributed by atoms with Crippen molar-refractivity contribution in [2.75, 3.05) is 31.2 Å². The Morgan fingerprint density at radius 2 is 1.96 bits per heavy atom. The number of hydrogen-bond donors (Lipinski definition) is 1. The van der Waals surface area contributed by atoms with Crippen molar-refractivity contribution in [2.45, 2.75) is 25.6 Å². The van der Waals surface area contributed by atoms with Crippen LogP contribution in [0.25, 0.3) is 0 Å². The number of hydrogen-bond acceptors (Lipinski definition) is 7. The molecule has 1 aromatic carbocycles. The third-order valence-electron chi connectivity index (χ3n) is 4.80. The number of nitrogens with zero attached hydrogens (tertiary/aromatic N) is 6. The first-order valence-corrected chi connectivity index (χ1v) is 8.99. The molecule has 1 atom stereocenters. The summed E-state index contributed by atoms with van der Waals surface area (Å²) >= 11 is 0. The topological polar surface area (TPSA) is 79.4 Å². The lowest BCUT2D eigenvalue weighted by Gasteiger charge is -2.36. The van der Waals surface area contributed by atoms with Gasteiger partial charge in [0.15, 0.2) is 11.7 Å². The highest BCUT2D eigenvalue weighted by Crippen LogP contribution is 2.42. The minimum atomic E-state index is -4.65. The predicted molar refractivity (Wildman–Crippen MR) is 100 cm³/mol. The summed E-state index contributed by atoms with van der Waals surface area (Å²) in [5.41, 5.74) is -0.998. The van der Waals surface area contributed by atoms with Gasteiger partial charge < -0.3 is 10.2 Å². The normalized spacial score (nSPS) is 21.9. The zero-order valence-corrected chi connectivity index (χ0v) is 15.2. The van der Waals surface area contributed by atoms with Crippen LogP contribution in [0.15, 0.2) is 27.2 Å². The van der Waals surface area contributed by atoms with Gasteiger partial charge in [-0.15, -0.1) is 0 Å². The Morgan fingerprint density at radius 1 is 1.21 bits per heavy atom. The SMILES string of the molecule is CC1CC=NN2C(=N1)C(N1CCNCC1)=Nc1cc(C#N)c(C(F)(F)F)cc12. The molecule has 4 rings (SSSR count). The molecule has 3 aliphatic rings. The fourth-order valence-corrected chi connectivity index (χ4v) is 3.40. The van der Waals surface area contributed by atoms with Gasteiger partial charge in [0.25, 0.3) is 0 Å². The third-order valence-corrected chi connectivity index (χ3v) is 4.80. The summed E-state index contributed by atoms with van der Waals surface area (Å²) < 4.78 is 40.3. The molecule has 1 saturated heterocycles. The van der Waals surface area contributed by atoms with Crippen LogP contribution in [0.5, 0.6) is 0 Å². The Kier molecular flexibility index (Phi) is 4.55. The van der Waals surface area contributed by atoms with Crippen molar-refractivity contribution in [3.63, 3.8) is 0 Å². The van der Waals surface area contributed by atoms with Crippen molar-refractivity contribution in [1.82, 2.24) is 10.2 Å². The molecule has 0 amide bonds. The lowest BCUT2D eigenvalue weighted by atomic mass is 10.0. The van der Waals surface area contributed by atoms with Crippen molar-refractivity contribution < 1.29 is 13.2 Å². The van der Waals surface area contributed by atoms with Crippen molar-refractivity contribution in [3.05, 3.63) is 23.3 Å². The lowest BCUT2D eigenvalue weighted by Crippen LogP contribution is -2.52. The summed E-state index contributed by atoms with van der Waals surface area (Å²) in [6.45, 7) is 4.87. The van der Waals surface area contributed by atoms with Crippen molar-refractivity contribution in [2.24, 2.45) is 15.1 Å². The standard InChI is InChI=1S/C18H18F3N7/c1-11-2-3-24-28-15-9-13(18(19,20)21)12(10-22)8-14(15)26-16(17(28)25-11)27-6-4-23-5-7-27/h3,8-9,11,23H,2,4-7H2,1H3. The van der Waals surface area contributed by atoms with Crippen LogP contribution in [0, 0.1) is 11.3 Å². The molecule has 28 heavy (non-hydrogen) atoms. The van der Waals surface area contributed by atoms with Gasteiger partial charge in [0.2, 0.25) is 0 Å². The number of halogens is 3. The number of alkyl halides is 3. The Morgan fingerprint density at radius 3 is 2.64 bits per heavy atom. The molecule has 0 radical (unpaired) electrons. The van der Waals surface area contributed by atoms with Crippen LogP contribution in [0.3, 0.4) is 0 Å². The van der Waals surface area contributed by atoms with Gasteiger partial charge in [0.05, 0.1) is 34.6 Å². The molecular formula is C18H18F3N7. The summed E-state index contributed by atoms with van der Waals surface area (Å²) in [5.74, 6) is 1.01. The van der Waals surface area contributed by atoms with Crippen LogP contribution < -0.4 is 10.3 Å². The Balaban J connectivity index is 1.92. The van der Waals surface area contributed by atoms with Gasteiger partial charge >= 0.3 is 6.18 Å². The van der Waals surface area contributed by atoms with Crippen LogP contribution in [0.1, 0.15) is 24.5 Å². The Bertz CT molecular complexity index is 920. The van der Waals surface area contributed by atoms with Crippen molar-refractivity contribution >= 4 is 29.3 Å². The van der Waals surface area contributed by atoms with E-state index in [4.69, 9.17) is 0 Å². The van der Waals surface area contributed by atoms with Gasteiger partial charge in [-0.05, 0) is 19.1 Å². The molecule has 0 aliphatic carbocycles. The quantitative estimate of drug-likeness (QED) is 0.740. The molecule has 1 fully saturated rings. The highest BCUT2D eigenvalue weighted by molar-refractivity contribution is 6.47. The van der Waals surface area contributed by atoms with Crippen LogP contribution >= 0.6 is 0 Å². The first-order valence-electron chi connectivity index (χ1n) is 8.99. The minimum absolute atomic E-state index is 0.0705. The van der Waals surface area contributed by atoms with E-state index in [2.05, 4.69) is 20.4 Å². The van der Waals surface area contributed by atoms with E-state index < -0.39 is 17.3 Å². The predicted octanol–water partition coefficient (Wildman–Crippen LogP) is 2.51. The second-order valence-electron chi connectivity index (χ2n) is 6.82. The van der Waals surface area contributed by atoms with Crippen molar-refractivity contribution in [3.8, 4) is 6.07 Å². The van der Waals surface area contributed by atoms with Gasteiger partial charge in [0.1, 0.15) is 0 Å². The number of hydrazone groups is 1. The second-order valence-corrected chi connectivity index (χ2v) is 6.82. The fraction of sp³-hybridized carbons (Fsp3) is 0.444. The van der Waals surface area contributed by atoms with E-state index in [1.165, 1.54) is 11.1 Å². The van der Waals surface area contributed by atoms with E-state index in [9.17, 15) is 18.4 Å². The average molecular weight is 389 g/mol. The van der Waals surface area contributed by atoms with Crippen LogP contribution in [-0.2, 0) is 6.18 Å². The number of nitriles is 1. The van der Waals surface area contributed by atoms with E-state index in [1.54, 1.807) is 12.3 Å². The van der Waals surface area contributed by atoms with Crippen LogP contribution in [-0.4, -0.2) is 55.0 Å². The number of nitrogens with one attached hydrogen (secondary N) is 1. The van der Waals surface area contributed by atoms with E-state index in [-0.39, 0.29) is 17.4 Å². The van der Waals surface area contributed by atoms with Gasteiger partial charge in [-0.1, -0.05) is 0 Å². The van der Waals surface area contributed by atoms with Crippen LogP contribution in [0.4, 0.5) is 24.5 Å². The maximum atomic E-state index is 13.4. The number of rotatable bonds is 0. The minimum Gasteiger partial charge on any atom is -0.351 e. The highest BCUT2D eigenvalue weighted by atomic mass is 19.4. The monoisotopic (exact) mass is 389 g/mol. The molecule has 0 bridgehead atoms. The molecule has 1 aromatic rings. The summed E-state index contributed by atoms with van der Waals surface area (Å²) in [4.78, 5) is 11.3. The largest absolute Gasteiger partial charge is 0.417 e. The molecule has 3 heterocycles. The lowest BCUT2D eigenvalue weighted by molar-refractivity contribution is -0.137. The highest BCUT2D eigenvalue weighted by Gasteiger charge is 2.38. The molecular weight excluding hydrogens is 371 g/mol. The zero-order chi connectivity index (χ0) is 19.9. The maximum Gasteiger partial charge on any atom is 0.417 e. The maximum absolute atomic E-state index is 13.4. The summed E-state index contributed by atoms with van der Waals surface area (Å²) in [6, 6.07) is 3.69. The number of piperazine rings is 1. The molecule has 1 N–H and O–H groups in total. The summed E-state index contributed by atoms with van der Waals surface area (Å²) in [6.07, 6.45) is -2.42. The zero-order valence-electron chi connectivity index (χ0n) is 15.2. The Labute approximate surface area is 159 Å². The summed E-state index contributed by atoms with van der Waals surface area (Å²) in [5, 5.41) is 18.3. The molecule has 0 spiro atoms. The van der Waals surface area contributed by atoms with Gasteiger partial charge in [-0.25, -0.2) is 10.0 Å². The molecule has 7 nitrogen and oxygen atoms in total. The number of amidine groups is 2. The van der Waals surface area contributed by atoms with Gasteiger partial charge in [-0.3, -0.25) is 4.99 Å². The van der Waals surface area contributed by atoms with Gasteiger partial charge in [-0.2, -0.15) is 23.5 Å². The average Bonchev–Trinajstić information content (AvgIpc) is 2.87. The molecule has 0 aromatic heterocycles. The van der Waals surface area contributed by atoms with E-state index >= 15 is 0 Å². The second kappa shape index (κ2) is 6.91. The smallest absolute Gasteiger partial charge is 0.351 e. The van der Waals surface area contributed by atoms with E-state index in [0.717, 1.165) is 19.2 Å². The summed E-state index contributed by atoms with van der Waals surface area (Å²) in [7, 11) is 0. The fourth-order valence-electron chi connectivity index (χ4n) is 3.40. The number of anilines is 1. The van der Waals surface area contributed by atoms with Crippen molar-refractivity contribution in [1.29, 1.82) is 5.26 Å². The Hall–Kier alpha value is -2.93. The van der Waals surface area contributed by atoms with E-state index in [0.29, 0.717) is 31.2 Å². The third kappa shape index (κ3) is 3.22. The molecule has 3 aliphatic heterocycles. The molecule has 146 valence electrons. The number of benzene rings is 1. The van der Waals surface area contributed by atoms with E-state index in [1.807, 2.05) is 11.8 Å². The van der Waals surface area contributed by atoms with Crippen LogP contribution in [0.2, 0.25) is 0 Å². The molecule has 1 unspecified atom stereocenters. The first-order chi connectivity index (χ1) is 13.4. The first kappa shape index (κ1) is 18.4. The number of fused-ring (bicyclic) bond motifs is 3. The molecule has 10 heteroatoms. The number of aliphatic imine (C=N–C) groups is 2. The van der Waals surface area contributed by atoms with Gasteiger partial charge in [0, 0.05) is 38.8 Å².